The summed E-state index contributed by atoms with van der Waals surface area (Å²) in [6, 6.07) is 10.7. The smallest absolute Gasteiger partial charge is 0.223 e. The van der Waals surface area contributed by atoms with Crippen molar-refractivity contribution in [3.63, 3.8) is 0 Å². The summed E-state index contributed by atoms with van der Waals surface area (Å²) in [5.41, 5.74) is 1.20. The van der Waals surface area contributed by atoms with Gasteiger partial charge in [-0.2, -0.15) is 0 Å². The second-order valence-electron chi connectivity index (χ2n) is 9.94. The molecule has 31 heavy (non-hydrogen) atoms. The number of hydrogen-bond acceptors (Lipinski definition) is 5. The molecule has 7 rings (SSSR count). The highest BCUT2D eigenvalue weighted by molar-refractivity contribution is 5.78. The van der Waals surface area contributed by atoms with Gasteiger partial charge in [0, 0.05) is 50.4 Å². The molecule has 4 saturated carbocycles. The predicted molar refractivity (Wildman–Crippen MR) is 117 cm³/mol. The van der Waals surface area contributed by atoms with Gasteiger partial charge in [-0.1, -0.05) is 30.3 Å². The average Bonchev–Trinajstić information content (AvgIpc) is 3.16. The fraction of sp³-hybridized carbons (Fsp3) is 0.560. The average molecular weight is 419 g/mol. The Hall–Kier alpha value is -2.47. The monoisotopic (exact) mass is 418 g/mol. The zero-order chi connectivity index (χ0) is 21.0. The molecule has 6 nitrogen and oxygen atoms in total. The lowest BCUT2D eigenvalue weighted by molar-refractivity contribution is -0.134. The molecule has 162 valence electrons. The zero-order valence-corrected chi connectivity index (χ0v) is 17.8. The van der Waals surface area contributed by atoms with Crippen molar-refractivity contribution in [1.82, 2.24) is 14.9 Å². The molecule has 6 atom stereocenters. The van der Waals surface area contributed by atoms with Gasteiger partial charge in [-0.15, -0.1) is 0 Å². The van der Waals surface area contributed by atoms with Crippen LogP contribution in [0, 0.1) is 23.7 Å². The van der Waals surface area contributed by atoms with E-state index < -0.39 is 0 Å². The largest absolute Gasteiger partial charge is 0.393 e. The van der Waals surface area contributed by atoms with Crippen molar-refractivity contribution in [2.75, 3.05) is 31.1 Å². The summed E-state index contributed by atoms with van der Waals surface area (Å²) >= 11 is 0. The van der Waals surface area contributed by atoms with E-state index >= 15 is 0 Å². The molecule has 2 heterocycles. The lowest BCUT2D eigenvalue weighted by atomic mass is 9.59. The van der Waals surface area contributed by atoms with Crippen LogP contribution in [0.5, 0.6) is 0 Å². The molecule has 0 radical (unpaired) electrons. The van der Waals surface area contributed by atoms with Crippen molar-refractivity contribution < 1.29 is 9.90 Å². The highest BCUT2D eigenvalue weighted by atomic mass is 16.3. The Morgan fingerprint density at radius 1 is 1.06 bits per heavy atom. The normalized spacial score (nSPS) is 36.2. The number of hydrogen-bond donors (Lipinski definition) is 1. The number of rotatable bonds is 4. The molecule has 1 aromatic heterocycles. The van der Waals surface area contributed by atoms with Gasteiger partial charge in [-0.05, 0) is 48.5 Å². The van der Waals surface area contributed by atoms with Crippen molar-refractivity contribution in [2.45, 2.75) is 37.2 Å². The molecule has 6 heteroatoms. The van der Waals surface area contributed by atoms with Gasteiger partial charge >= 0.3 is 0 Å². The third kappa shape index (κ3) is 2.91. The maximum Gasteiger partial charge on any atom is 0.223 e. The van der Waals surface area contributed by atoms with Crippen LogP contribution in [0.3, 0.4) is 0 Å². The van der Waals surface area contributed by atoms with E-state index in [2.05, 4.69) is 45.2 Å². The molecule has 1 amide bonds. The van der Waals surface area contributed by atoms with Crippen molar-refractivity contribution in [2.24, 2.45) is 23.7 Å². The summed E-state index contributed by atoms with van der Waals surface area (Å²) in [4.78, 5) is 26.5. The Kier molecular flexibility index (Phi) is 4.53. The molecule has 1 aromatic carbocycles. The highest BCUT2D eigenvalue weighted by Gasteiger charge is 2.66. The highest BCUT2D eigenvalue weighted by Crippen LogP contribution is 2.68. The van der Waals surface area contributed by atoms with E-state index in [1.54, 1.807) is 18.6 Å². The summed E-state index contributed by atoms with van der Waals surface area (Å²) in [7, 11) is 0. The number of amides is 1. The number of aliphatic hydroxyl groups excluding tert-OH is 1. The van der Waals surface area contributed by atoms with Crippen LogP contribution in [0.2, 0.25) is 0 Å². The Balaban J connectivity index is 1.23. The maximum absolute atomic E-state index is 13.6. The van der Waals surface area contributed by atoms with Gasteiger partial charge in [-0.25, -0.2) is 4.98 Å². The van der Waals surface area contributed by atoms with E-state index in [0.717, 1.165) is 51.3 Å². The van der Waals surface area contributed by atoms with Crippen molar-refractivity contribution >= 4 is 11.7 Å². The summed E-state index contributed by atoms with van der Waals surface area (Å²) in [5, 5.41) is 10.8. The Morgan fingerprint density at radius 3 is 2.61 bits per heavy atom. The fourth-order valence-electron chi connectivity index (χ4n) is 7.45. The topological polar surface area (TPSA) is 69.6 Å². The molecular weight excluding hydrogens is 388 g/mol. The molecule has 5 fully saturated rings. The molecule has 5 aliphatic rings. The van der Waals surface area contributed by atoms with Gasteiger partial charge < -0.3 is 14.9 Å². The van der Waals surface area contributed by atoms with Crippen molar-refractivity contribution in [3.05, 3.63) is 54.5 Å². The van der Waals surface area contributed by atoms with Crippen LogP contribution >= 0.6 is 0 Å². The zero-order valence-electron chi connectivity index (χ0n) is 17.8. The van der Waals surface area contributed by atoms with Gasteiger partial charge in [0.15, 0.2) is 0 Å². The van der Waals surface area contributed by atoms with Crippen LogP contribution in [0.25, 0.3) is 0 Å². The molecule has 4 aliphatic carbocycles. The quantitative estimate of drug-likeness (QED) is 0.826. The minimum absolute atomic E-state index is 0.112. The third-order valence-corrected chi connectivity index (χ3v) is 8.79. The van der Waals surface area contributed by atoms with E-state index in [-0.39, 0.29) is 17.4 Å². The standard InChI is InChI=1S/C25H30N4O2/c30-23(29-10-8-28(9-11-29)22-16-26-6-7-27-22)15-25(18-4-2-1-3-5-18)19-12-17-13-21(25)20(14-19)24(17)31/h1-7,16-17,19-21,24,31H,8-15H2. The summed E-state index contributed by atoms with van der Waals surface area (Å²) < 4.78 is 0. The molecule has 4 bridgehead atoms. The van der Waals surface area contributed by atoms with E-state index in [4.69, 9.17) is 0 Å². The van der Waals surface area contributed by atoms with Crippen molar-refractivity contribution in [3.8, 4) is 0 Å². The Labute approximate surface area is 183 Å². The van der Waals surface area contributed by atoms with Gasteiger partial charge in [0.2, 0.25) is 5.91 Å². The SMILES string of the molecule is O=C(CC1(c2ccccc2)C2CC3CC1C(C2)C3O)N1CCN(c2cnccn2)CC1. The predicted octanol–water partition coefficient (Wildman–Crippen LogP) is 2.49. The summed E-state index contributed by atoms with van der Waals surface area (Å²) in [5.74, 6) is 2.90. The molecule has 2 aromatic rings. The molecule has 1 aliphatic heterocycles. The molecule has 1 N–H and O–H groups in total. The number of aromatic nitrogens is 2. The lowest BCUT2D eigenvalue weighted by Gasteiger charge is -2.46. The van der Waals surface area contributed by atoms with Gasteiger partial charge in [-0.3, -0.25) is 9.78 Å². The van der Waals surface area contributed by atoms with E-state index in [1.165, 1.54) is 5.56 Å². The van der Waals surface area contributed by atoms with E-state index in [1.807, 2.05) is 4.90 Å². The number of carbonyl (C=O) groups excluding carboxylic acids is 1. The van der Waals surface area contributed by atoms with Crippen LogP contribution in [-0.2, 0) is 10.2 Å². The molecule has 1 saturated heterocycles. The maximum atomic E-state index is 13.6. The first-order chi connectivity index (χ1) is 15.2. The second kappa shape index (κ2) is 7.30. The van der Waals surface area contributed by atoms with E-state index in [0.29, 0.717) is 30.1 Å². The number of benzene rings is 1. The number of nitrogens with zero attached hydrogens (tertiary/aromatic N) is 4. The molecule has 0 spiro atoms. The van der Waals surface area contributed by atoms with E-state index in [9.17, 15) is 9.90 Å². The van der Waals surface area contributed by atoms with Gasteiger partial charge in [0.05, 0.1) is 12.3 Å². The van der Waals surface area contributed by atoms with Gasteiger partial charge in [0.1, 0.15) is 5.82 Å². The number of anilines is 1. The molecular formula is C25H30N4O2. The lowest BCUT2D eigenvalue weighted by Crippen LogP contribution is -2.52. The minimum Gasteiger partial charge on any atom is -0.393 e. The van der Waals surface area contributed by atoms with Crippen LogP contribution in [0.1, 0.15) is 31.2 Å². The van der Waals surface area contributed by atoms with Crippen molar-refractivity contribution in [1.29, 1.82) is 0 Å². The minimum atomic E-state index is -0.169. The Bertz CT molecular complexity index is 943. The first-order valence-corrected chi connectivity index (χ1v) is 11.7. The van der Waals surface area contributed by atoms with Gasteiger partial charge in [0.25, 0.3) is 0 Å². The van der Waals surface area contributed by atoms with Crippen LogP contribution in [0.15, 0.2) is 48.9 Å². The number of piperazine rings is 1. The van der Waals surface area contributed by atoms with Crippen LogP contribution in [-0.4, -0.2) is 58.2 Å². The summed E-state index contributed by atoms with van der Waals surface area (Å²) in [6.07, 6.45) is 8.82. The Morgan fingerprint density at radius 2 is 1.87 bits per heavy atom. The van der Waals surface area contributed by atoms with Crippen LogP contribution in [0.4, 0.5) is 5.82 Å². The second-order valence-corrected chi connectivity index (χ2v) is 9.94. The third-order valence-electron chi connectivity index (χ3n) is 8.79. The summed E-state index contributed by atoms with van der Waals surface area (Å²) in [6.45, 7) is 3.03. The van der Waals surface area contributed by atoms with Crippen LogP contribution < -0.4 is 4.90 Å². The number of aliphatic hydroxyl groups is 1. The first-order valence-electron chi connectivity index (χ1n) is 11.7. The fourth-order valence-corrected chi connectivity index (χ4v) is 7.45. The first kappa shape index (κ1) is 19.2. The molecule has 6 unspecified atom stereocenters. The number of carbonyl (C=O) groups is 1.